The number of carbonyl (C=O) groups is 13. The number of primary amides is 1. The summed E-state index contributed by atoms with van der Waals surface area (Å²) in [4.78, 5) is 179. The minimum Gasteiger partial charge on any atom is -0.480 e. The van der Waals surface area contributed by atoms with Gasteiger partial charge in [0.25, 0.3) is 0 Å². The predicted octanol–water partition coefficient (Wildman–Crippen LogP) is 0.772. The maximum absolute atomic E-state index is 14.5. The zero-order valence-electron chi connectivity index (χ0n) is 52.7. The van der Waals surface area contributed by atoms with Gasteiger partial charge in [0.1, 0.15) is 65.0 Å². The van der Waals surface area contributed by atoms with Crippen LogP contribution in [0.2, 0.25) is 0 Å². The van der Waals surface area contributed by atoms with E-state index < -0.39 is 160 Å². The fraction of sp³-hybridized carbons (Fsp3) is 0.776. The summed E-state index contributed by atoms with van der Waals surface area (Å²) in [5, 5.41) is 33.7. The maximum atomic E-state index is 14.5. The van der Waals surface area contributed by atoms with Crippen molar-refractivity contribution in [2.75, 3.05) is 13.1 Å². The minimum atomic E-state index is -1.67. The largest absolute Gasteiger partial charge is 0.480 e. The fourth-order valence-corrected chi connectivity index (χ4v) is 10.2. The van der Waals surface area contributed by atoms with Crippen molar-refractivity contribution >= 4 is 76.9 Å². The molecule has 0 saturated carbocycles. The lowest BCUT2D eigenvalue weighted by Crippen LogP contribution is -2.64. The number of nitrogens with two attached hydrogens (primary N) is 1. The molecule has 0 aromatic rings. The van der Waals surface area contributed by atoms with Crippen LogP contribution in [0, 0.1) is 29.6 Å². The van der Waals surface area contributed by atoms with Crippen LogP contribution in [0.25, 0.3) is 0 Å². The van der Waals surface area contributed by atoms with Crippen LogP contribution in [0.1, 0.15) is 182 Å². The summed E-state index contributed by atoms with van der Waals surface area (Å²) in [6.45, 7) is 28.1. The smallest absolute Gasteiger partial charge is 0.326 e. The Balaban J connectivity index is 2.33. The Morgan fingerprint density at radius 1 is 0.488 bits per heavy atom. The van der Waals surface area contributed by atoms with Crippen molar-refractivity contribution in [2.45, 2.75) is 247 Å². The number of likely N-dealkylation sites (tertiary alicyclic amines) is 2. The van der Waals surface area contributed by atoms with Crippen molar-refractivity contribution in [1.82, 2.24) is 57.7 Å². The van der Waals surface area contributed by atoms with Crippen LogP contribution in [0.5, 0.6) is 0 Å². The first-order valence-corrected chi connectivity index (χ1v) is 29.6. The van der Waals surface area contributed by atoms with E-state index in [2.05, 4.69) is 47.9 Å². The number of carbonyl (C=O) groups excluding carboxylic acids is 12. The molecular formula is C58H100N12O14. The Hall–Kier alpha value is -6.89. The first-order valence-electron chi connectivity index (χ1n) is 29.6. The molecule has 12 N–H and O–H groups in total. The number of amides is 12. The van der Waals surface area contributed by atoms with E-state index >= 15 is 0 Å². The van der Waals surface area contributed by atoms with Crippen molar-refractivity contribution in [3.05, 3.63) is 0 Å². The van der Waals surface area contributed by atoms with Gasteiger partial charge in [0.05, 0.1) is 6.42 Å². The third-order valence-corrected chi connectivity index (χ3v) is 15.2. The van der Waals surface area contributed by atoms with Crippen molar-refractivity contribution in [1.29, 1.82) is 0 Å². The second kappa shape index (κ2) is 31.8. The molecule has 0 unspecified atom stereocenters. The molecule has 0 aromatic carbocycles. The highest BCUT2D eigenvalue weighted by atomic mass is 16.4. The van der Waals surface area contributed by atoms with E-state index in [-0.39, 0.29) is 62.9 Å². The first kappa shape index (κ1) is 73.2. The zero-order chi connectivity index (χ0) is 64.5. The van der Waals surface area contributed by atoms with Gasteiger partial charge in [0.2, 0.25) is 70.9 Å². The van der Waals surface area contributed by atoms with Gasteiger partial charge in [-0.05, 0) is 116 Å². The van der Waals surface area contributed by atoms with Crippen LogP contribution in [0.3, 0.4) is 0 Å². The molecule has 2 aliphatic rings. The van der Waals surface area contributed by atoms with Crippen molar-refractivity contribution in [3.63, 3.8) is 0 Å². The summed E-state index contributed by atoms with van der Waals surface area (Å²) >= 11 is 0. The van der Waals surface area contributed by atoms with E-state index in [0.29, 0.717) is 25.7 Å². The average molecular weight is 1190 g/mol. The van der Waals surface area contributed by atoms with Crippen molar-refractivity contribution in [3.8, 4) is 0 Å². The van der Waals surface area contributed by atoms with E-state index in [4.69, 9.17) is 5.73 Å². The molecule has 0 spiro atoms. The molecule has 0 aliphatic carbocycles. The van der Waals surface area contributed by atoms with Crippen LogP contribution >= 0.6 is 0 Å². The Morgan fingerprint density at radius 2 is 0.881 bits per heavy atom. The van der Waals surface area contributed by atoms with Gasteiger partial charge in [-0.25, -0.2) is 4.79 Å². The highest BCUT2D eigenvalue weighted by Crippen LogP contribution is 2.26. The Kier molecular flexibility index (Phi) is 27.8. The Labute approximate surface area is 495 Å². The molecule has 2 aliphatic heterocycles. The van der Waals surface area contributed by atoms with Gasteiger partial charge in [-0.2, -0.15) is 0 Å². The van der Waals surface area contributed by atoms with Crippen LogP contribution in [0.4, 0.5) is 0 Å². The summed E-state index contributed by atoms with van der Waals surface area (Å²) < 4.78 is 0. The number of carboxylic acids is 1. The van der Waals surface area contributed by atoms with E-state index in [1.807, 2.05) is 41.5 Å². The normalized spacial score (nSPS) is 18.4. The van der Waals surface area contributed by atoms with Gasteiger partial charge in [-0.3, -0.25) is 57.5 Å². The lowest BCUT2D eigenvalue weighted by molar-refractivity contribution is -0.147. The van der Waals surface area contributed by atoms with Crippen LogP contribution in [0.15, 0.2) is 0 Å². The lowest BCUT2D eigenvalue weighted by atomic mass is 9.93. The van der Waals surface area contributed by atoms with Gasteiger partial charge >= 0.3 is 5.97 Å². The summed E-state index contributed by atoms with van der Waals surface area (Å²) in [6.07, 6.45) is 1.87. The number of nitrogens with zero attached hydrogens (tertiary/aromatic N) is 2. The molecule has 2 heterocycles. The number of nitrogens with one attached hydrogen (secondary N) is 9. The molecule has 2 fully saturated rings. The quantitative estimate of drug-likeness (QED) is 0.0444. The van der Waals surface area contributed by atoms with Gasteiger partial charge in [0, 0.05) is 20.0 Å². The highest BCUT2D eigenvalue weighted by molar-refractivity contribution is 6.01. The zero-order valence-corrected chi connectivity index (χ0v) is 52.7. The first-order chi connectivity index (χ1) is 38.7. The second-order valence-corrected chi connectivity index (χ2v) is 25.7. The molecule has 84 heavy (non-hydrogen) atoms. The topological polar surface area (TPSA) is 383 Å². The third kappa shape index (κ3) is 21.6. The van der Waals surface area contributed by atoms with E-state index in [0.717, 1.165) is 0 Å². The molecule has 26 heteroatoms. The molecule has 2 rings (SSSR count). The average Bonchev–Trinajstić information content (AvgIpc) is 4.04. The number of hydrogen-bond acceptors (Lipinski definition) is 13. The van der Waals surface area contributed by atoms with Gasteiger partial charge < -0.3 is 68.5 Å². The predicted molar refractivity (Wildman–Crippen MR) is 312 cm³/mol. The summed E-state index contributed by atoms with van der Waals surface area (Å²) in [7, 11) is 0. The monoisotopic (exact) mass is 1190 g/mol. The molecule has 0 radical (unpaired) electrons. The molecule has 26 nitrogen and oxygen atoms in total. The van der Waals surface area contributed by atoms with Crippen LogP contribution < -0.4 is 53.6 Å². The molecule has 476 valence electrons. The minimum absolute atomic E-state index is 0.0286. The molecule has 12 amide bonds. The molecule has 10 atom stereocenters. The SMILES string of the molecule is CC[C@H](C)[C@H](NC(=O)[C@@H](NC(=O)[C@@H]1CCCN1C(=O)C(C)(C)NC(=O)[C@H](CC(C)C)NC(=O)[C@H](CC(C)C)NC(=O)[C@H](CC(N)=O)NC(=O)C(C)(C)NC(C)=O)[C@@H](C)CC)C(=O)NC(C)(C)C(=O)N1CCC[C@H]1C(=O)N[C@@H](CC(C)C)C(=O)O. The van der Waals surface area contributed by atoms with Crippen molar-refractivity contribution in [2.24, 2.45) is 35.3 Å². The van der Waals surface area contributed by atoms with Crippen LogP contribution in [-0.2, 0) is 62.3 Å². The summed E-state index contributed by atoms with van der Waals surface area (Å²) in [6, 6.07) is -9.68. The Bertz CT molecular complexity index is 2410. The van der Waals surface area contributed by atoms with Gasteiger partial charge in [-0.15, -0.1) is 0 Å². The molecule has 0 aromatic heterocycles. The van der Waals surface area contributed by atoms with Crippen LogP contribution in [-0.4, -0.2) is 170 Å². The van der Waals surface area contributed by atoms with E-state index in [1.165, 1.54) is 58.3 Å². The number of hydrogen-bond donors (Lipinski definition) is 11. The number of carboxylic acid groups (broad SMARTS) is 1. The highest BCUT2D eigenvalue weighted by Gasteiger charge is 2.46. The van der Waals surface area contributed by atoms with Gasteiger partial charge in [0.15, 0.2) is 0 Å². The number of rotatable bonds is 32. The molecule has 2 saturated heterocycles. The third-order valence-electron chi connectivity index (χ3n) is 15.2. The summed E-state index contributed by atoms with van der Waals surface area (Å²) in [5.41, 5.74) is 0.669. The lowest BCUT2D eigenvalue weighted by Gasteiger charge is -2.36. The second-order valence-electron chi connectivity index (χ2n) is 25.7. The number of aliphatic carboxylic acids is 1. The van der Waals surface area contributed by atoms with E-state index in [9.17, 15) is 67.4 Å². The molecular weight excluding hydrogens is 1090 g/mol. The van der Waals surface area contributed by atoms with E-state index in [1.54, 1.807) is 27.7 Å². The van der Waals surface area contributed by atoms with Crippen molar-refractivity contribution < 1.29 is 67.4 Å². The standard InChI is InChI=1S/C58H100N12O14/c1-18-33(9)43(50(78)65-44(34(10)19-2)51(79)68-58(16,17)55(84)69-24-20-22-40(69)48(76)62-39(52(80)81)28-32(7)8)64-49(77)41-23-21-25-70(41)54(83)57(14,15)67-47(75)37(27-31(5)6)61-45(73)36(26-30(3)4)60-46(74)38(29-42(59)72)63-53(82)56(12,13)66-35(11)71/h30-34,36-41,43-44H,18-29H2,1-17H3,(H2,59,72)(H,60,74)(H,61,73)(H,62,76)(H,63,82)(H,64,77)(H,65,78)(H,66,71)(H,67,75)(H,68,79)(H,80,81)/t33-,34-,36-,37-,38-,39-,40-,41-,43-,44-/m0/s1. The maximum Gasteiger partial charge on any atom is 0.326 e. The molecule has 0 bridgehead atoms. The fourth-order valence-electron chi connectivity index (χ4n) is 10.2. The van der Waals surface area contributed by atoms with Gasteiger partial charge in [-0.1, -0.05) is 82.1 Å². The summed E-state index contributed by atoms with van der Waals surface area (Å²) in [5.74, 6) is -11.2. The Morgan fingerprint density at radius 3 is 1.29 bits per heavy atom.